The third-order valence-corrected chi connectivity index (χ3v) is 6.04. The van der Waals surface area contributed by atoms with E-state index in [4.69, 9.17) is 5.73 Å². The Labute approximate surface area is 171 Å². The summed E-state index contributed by atoms with van der Waals surface area (Å²) in [5.41, 5.74) is 12.5. The van der Waals surface area contributed by atoms with Gasteiger partial charge in [0.25, 0.3) is 5.91 Å². The Bertz CT molecular complexity index is 977. The zero-order chi connectivity index (χ0) is 19.5. The molecule has 146 valence electrons. The van der Waals surface area contributed by atoms with E-state index in [0.29, 0.717) is 11.5 Å². The zero-order valence-electron chi connectivity index (χ0n) is 16.0. The van der Waals surface area contributed by atoms with Crippen LogP contribution in [0.4, 0.5) is 5.69 Å². The van der Waals surface area contributed by atoms with Gasteiger partial charge in [-0.3, -0.25) is 4.79 Å². The van der Waals surface area contributed by atoms with E-state index >= 15 is 0 Å². The highest BCUT2D eigenvalue weighted by molar-refractivity contribution is 7.80. The van der Waals surface area contributed by atoms with Gasteiger partial charge >= 0.3 is 0 Å². The maximum atomic E-state index is 12.7. The molecule has 0 saturated carbocycles. The Kier molecular flexibility index (Phi) is 5.74. The van der Waals surface area contributed by atoms with Gasteiger partial charge in [-0.2, -0.15) is 12.6 Å². The molecule has 28 heavy (non-hydrogen) atoms. The van der Waals surface area contributed by atoms with Crippen LogP contribution in [0.3, 0.4) is 0 Å². The van der Waals surface area contributed by atoms with Gasteiger partial charge < -0.3 is 16.0 Å². The number of H-pyrrole nitrogens is 1. The number of nitrogens with one attached hydrogen (secondary N) is 2. The second-order valence-electron chi connectivity index (χ2n) is 7.67. The molecule has 4 rings (SSSR count). The van der Waals surface area contributed by atoms with Crippen molar-refractivity contribution in [3.63, 3.8) is 0 Å². The molecule has 0 aliphatic heterocycles. The molecule has 1 aromatic heterocycles. The number of hydrogen-bond donors (Lipinski definition) is 4. The molecule has 1 heterocycles. The number of carbonyl (C=O) groups excluding carboxylic acids is 1. The fraction of sp³-hybridized carbons (Fsp3) is 0.348. The lowest BCUT2D eigenvalue weighted by Crippen LogP contribution is -2.21. The third-order valence-electron chi connectivity index (χ3n) is 5.72. The summed E-state index contributed by atoms with van der Waals surface area (Å²) >= 11 is 4.25. The monoisotopic (exact) mass is 393 g/mol. The molecule has 0 fully saturated rings. The minimum atomic E-state index is -0.0793. The molecule has 1 amide bonds. The standard InChI is InChI=1S/C23H27N3OS/c24-14-16-5-9-21-19(12-16)20-13-18(8-10-22(20)26-21)25-23(27)17-6-3-15(4-7-17)2-1-11-28/h3-4,6-8,10,13,16,26,28H,1-2,5,9,11-12,14,24H2,(H,25,27). The van der Waals surface area contributed by atoms with Crippen molar-refractivity contribution in [3.05, 3.63) is 64.8 Å². The highest BCUT2D eigenvalue weighted by Gasteiger charge is 2.21. The third kappa shape index (κ3) is 3.96. The van der Waals surface area contributed by atoms with E-state index < -0.39 is 0 Å². The zero-order valence-corrected chi connectivity index (χ0v) is 16.9. The number of thiol groups is 1. The lowest BCUT2D eigenvalue weighted by molar-refractivity contribution is 0.102. The lowest BCUT2D eigenvalue weighted by atomic mass is 9.86. The molecule has 0 spiro atoms. The maximum Gasteiger partial charge on any atom is 0.255 e. The molecule has 0 radical (unpaired) electrons. The van der Waals surface area contributed by atoms with Crippen molar-refractivity contribution in [1.82, 2.24) is 4.98 Å². The van der Waals surface area contributed by atoms with E-state index in [9.17, 15) is 4.79 Å². The number of hydrogen-bond acceptors (Lipinski definition) is 3. The van der Waals surface area contributed by atoms with Crippen LogP contribution in [-0.2, 0) is 19.3 Å². The van der Waals surface area contributed by atoms with Gasteiger partial charge in [-0.25, -0.2) is 0 Å². The highest BCUT2D eigenvalue weighted by atomic mass is 32.1. The number of aromatic amines is 1. The van der Waals surface area contributed by atoms with Crippen LogP contribution in [0.15, 0.2) is 42.5 Å². The van der Waals surface area contributed by atoms with Crippen molar-refractivity contribution in [2.75, 3.05) is 17.6 Å². The molecule has 5 heteroatoms. The number of rotatable bonds is 6. The molecule has 1 unspecified atom stereocenters. The predicted molar refractivity (Wildman–Crippen MR) is 119 cm³/mol. The first-order valence-electron chi connectivity index (χ1n) is 10.0. The lowest BCUT2D eigenvalue weighted by Gasteiger charge is -2.20. The van der Waals surface area contributed by atoms with Crippen LogP contribution in [0, 0.1) is 5.92 Å². The summed E-state index contributed by atoms with van der Waals surface area (Å²) < 4.78 is 0. The van der Waals surface area contributed by atoms with Crippen molar-refractivity contribution >= 4 is 35.1 Å². The second kappa shape index (κ2) is 8.41. The molecule has 3 aromatic rings. The first-order valence-corrected chi connectivity index (χ1v) is 10.7. The van der Waals surface area contributed by atoms with Crippen LogP contribution in [0.1, 0.15) is 40.0 Å². The highest BCUT2D eigenvalue weighted by Crippen LogP contribution is 2.33. The second-order valence-corrected chi connectivity index (χ2v) is 8.11. The van der Waals surface area contributed by atoms with Crippen molar-refractivity contribution in [1.29, 1.82) is 0 Å². The summed E-state index contributed by atoms with van der Waals surface area (Å²) in [5, 5.41) is 4.25. The number of aromatic nitrogens is 1. The smallest absolute Gasteiger partial charge is 0.255 e. The normalized spacial score (nSPS) is 16.1. The number of anilines is 1. The summed E-state index contributed by atoms with van der Waals surface area (Å²) in [5.74, 6) is 1.34. The molecule has 0 bridgehead atoms. The molecular formula is C23H27N3OS. The van der Waals surface area contributed by atoms with Crippen molar-refractivity contribution < 1.29 is 4.79 Å². The van der Waals surface area contributed by atoms with E-state index in [0.717, 1.165) is 55.6 Å². The summed E-state index contributed by atoms with van der Waals surface area (Å²) in [7, 11) is 0. The number of benzene rings is 2. The number of carbonyl (C=O) groups is 1. The molecule has 4 N–H and O–H groups in total. The topological polar surface area (TPSA) is 70.9 Å². The maximum absolute atomic E-state index is 12.7. The SMILES string of the molecule is NCC1CCc2[nH]c3ccc(NC(=O)c4ccc(CCCS)cc4)cc3c2C1. The van der Waals surface area contributed by atoms with Crippen LogP contribution in [0.25, 0.3) is 10.9 Å². The van der Waals surface area contributed by atoms with Crippen molar-refractivity contribution in [3.8, 4) is 0 Å². The molecule has 1 aliphatic rings. The average molecular weight is 394 g/mol. The van der Waals surface area contributed by atoms with Crippen LogP contribution in [0.2, 0.25) is 0 Å². The van der Waals surface area contributed by atoms with Crippen LogP contribution in [0.5, 0.6) is 0 Å². The minimum Gasteiger partial charge on any atom is -0.358 e. The summed E-state index contributed by atoms with van der Waals surface area (Å²) in [6.07, 6.45) is 5.24. The van der Waals surface area contributed by atoms with Gasteiger partial charge in [0, 0.05) is 27.8 Å². The summed E-state index contributed by atoms with van der Waals surface area (Å²) in [6, 6.07) is 13.9. The quantitative estimate of drug-likeness (QED) is 0.470. The minimum absolute atomic E-state index is 0.0793. The van der Waals surface area contributed by atoms with Crippen molar-refractivity contribution in [2.45, 2.75) is 32.1 Å². The van der Waals surface area contributed by atoms with Crippen molar-refractivity contribution in [2.24, 2.45) is 11.7 Å². The van der Waals surface area contributed by atoms with E-state index in [-0.39, 0.29) is 5.91 Å². The Morgan fingerprint density at radius 1 is 1.21 bits per heavy atom. The molecule has 1 atom stereocenters. The Hall–Kier alpha value is -2.24. The molecular weight excluding hydrogens is 366 g/mol. The fourth-order valence-corrected chi connectivity index (χ4v) is 4.24. The molecule has 0 saturated heterocycles. The summed E-state index contributed by atoms with van der Waals surface area (Å²) in [6.45, 7) is 0.729. The van der Waals surface area contributed by atoms with Gasteiger partial charge in [0.05, 0.1) is 0 Å². The number of aryl methyl sites for hydroxylation is 2. The first kappa shape index (κ1) is 19.1. The van der Waals surface area contributed by atoms with Gasteiger partial charge in [-0.15, -0.1) is 0 Å². The molecule has 1 aliphatic carbocycles. The Balaban J connectivity index is 1.52. The molecule has 4 nitrogen and oxygen atoms in total. The average Bonchev–Trinajstić information content (AvgIpc) is 3.09. The van der Waals surface area contributed by atoms with Crippen LogP contribution < -0.4 is 11.1 Å². The Morgan fingerprint density at radius 3 is 2.79 bits per heavy atom. The molecule has 2 aromatic carbocycles. The number of nitrogens with two attached hydrogens (primary N) is 1. The van der Waals surface area contributed by atoms with Gasteiger partial charge in [0.1, 0.15) is 0 Å². The van der Waals surface area contributed by atoms with E-state index in [2.05, 4.69) is 35.1 Å². The van der Waals surface area contributed by atoms with E-state index in [1.165, 1.54) is 22.2 Å². The van der Waals surface area contributed by atoms with E-state index in [1.807, 2.05) is 30.3 Å². The van der Waals surface area contributed by atoms with E-state index in [1.54, 1.807) is 0 Å². The van der Waals surface area contributed by atoms with Gasteiger partial charge in [-0.05, 0) is 91.8 Å². The largest absolute Gasteiger partial charge is 0.358 e. The van der Waals surface area contributed by atoms with Gasteiger partial charge in [0.15, 0.2) is 0 Å². The summed E-state index contributed by atoms with van der Waals surface area (Å²) in [4.78, 5) is 16.2. The van der Waals surface area contributed by atoms with Crippen LogP contribution >= 0.6 is 12.6 Å². The predicted octanol–water partition coefficient (Wildman–Crippen LogP) is 4.35. The van der Waals surface area contributed by atoms with Gasteiger partial charge in [-0.1, -0.05) is 12.1 Å². The first-order chi connectivity index (χ1) is 13.7. The fourth-order valence-electron chi connectivity index (χ4n) is 4.08. The number of amides is 1. The number of fused-ring (bicyclic) bond motifs is 3. The van der Waals surface area contributed by atoms with Crippen LogP contribution in [-0.4, -0.2) is 23.2 Å². The Morgan fingerprint density at radius 2 is 2.04 bits per heavy atom. The van der Waals surface area contributed by atoms with Gasteiger partial charge in [0.2, 0.25) is 0 Å².